The number of hydrogen-bond acceptors (Lipinski definition) is 4. The van der Waals surface area contributed by atoms with Crippen molar-refractivity contribution in [2.24, 2.45) is 5.92 Å². The highest BCUT2D eigenvalue weighted by Gasteiger charge is 2.40. The van der Waals surface area contributed by atoms with Crippen LogP contribution in [0.25, 0.3) is 32.0 Å². The largest absolute Gasteiger partial charge is 0.274 e. The molecule has 5 rings (SSSR count). The smallest absolute Gasteiger partial charge is 0.262 e. The van der Waals surface area contributed by atoms with Crippen LogP contribution in [0.4, 0.5) is 0 Å². The van der Waals surface area contributed by atoms with Gasteiger partial charge in [-0.05, 0) is 94.3 Å². The van der Waals surface area contributed by atoms with Gasteiger partial charge in [0.1, 0.15) is 0 Å². The van der Waals surface area contributed by atoms with Gasteiger partial charge in [0.05, 0.1) is 11.1 Å². The summed E-state index contributed by atoms with van der Waals surface area (Å²) in [6, 6.07) is 21.4. The minimum absolute atomic E-state index is 0.156. The summed E-state index contributed by atoms with van der Waals surface area (Å²) in [5.41, 5.74) is 7.92. The van der Waals surface area contributed by atoms with Gasteiger partial charge in [0.15, 0.2) is 0 Å². The average Bonchev–Trinajstić information content (AvgIpc) is 3.91. The van der Waals surface area contributed by atoms with E-state index in [0.29, 0.717) is 23.6 Å². The van der Waals surface area contributed by atoms with Gasteiger partial charge in [0.2, 0.25) is 0 Å². The summed E-state index contributed by atoms with van der Waals surface area (Å²) in [6.45, 7) is 9.39. The highest BCUT2D eigenvalue weighted by atomic mass is 32.1. The van der Waals surface area contributed by atoms with E-state index in [4.69, 9.17) is 0 Å². The van der Waals surface area contributed by atoms with Crippen molar-refractivity contribution in [1.82, 2.24) is 4.90 Å². The number of benzene rings is 2. The second-order valence-corrected chi connectivity index (χ2v) is 17.0. The van der Waals surface area contributed by atoms with Crippen LogP contribution < -0.4 is 0 Å². The molecule has 3 nitrogen and oxygen atoms in total. The topological polar surface area (TPSA) is 37.4 Å². The normalized spacial score (nSPS) is 13.8. The van der Waals surface area contributed by atoms with Gasteiger partial charge < -0.3 is 0 Å². The molecule has 0 radical (unpaired) electrons. The molecule has 1 atom stereocenters. The van der Waals surface area contributed by atoms with Gasteiger partial charge in [-0.3, -0.25) is 14.5 Å². The van der Waals surface area contributed by atoms with E-state index in [1.165, 1.54) is 109 Å². The molecule has 1 aliphatic rings. The fraction of sp³-hybridized carbons (Fsp3) is 0.500. The fourth-order valence-electron chi connectivity index (χ4n) is 7.79. The van der Waals surface area contributed by atoms with Gasteiger partial charge in [-0.25, -0.2) is 0 Å². The first kappa shape index (κ1) is 40.9. The first-order valence-electron chi connectivity index (χ1n) is 20.9. The highest BCUT2D eigenvalue weighted by molar-refractivity contribution is 7.14. The summed E-state index contributed by atoms with van der Waals surface area (Å²) < 4.78 is 0. The summed E-state index contributed by atoms with van der Waals surface area (Å²) >= 11 is 3.59. The van der Waals surface area contributed by atoms with Crippen LogP contribution in [-0.4, -0.2) is 23.3 Å². The first-order valence-corrected chi connectivity index (χ1v) is 22.7. The van der Waals surface area contributed by atoms with Crippen molar-refractivity contribution in [2.75, 3.05) is 6.54 Å². The molecule has 0 saturated heterocycles. The van der Waals surface area contributed by atoms with Crippen LogP contribution in [0, 0.1) is 5.92 Å². The molecule has 0 N–H and O–H groups in total. The number of thiophene rings is 2. The number of carbonyl (C=O) groups is 2. The summed E-state index contributed by atoms with van der Waals surface area (Å²) in [4.78, 5) is 32.9. The van der Waals surface area contributed by atoms with E-state index in [1.54, 1.807) is 27.6 Å². The Labute approximate surface area is 328 Å². The van der Waals surface area contributed by atoms with Gasteiger partial charge >= 0.3 is 0 Å². The third-order valence-corrected chi connectivity index (χ3v) is 13.1. The monoisotopic (exact) mass is 749 g/mol. The van der Waals surface area contributed by atoms with E-state index >= 15 is 0 Å². The van der Waals surface area contributed by atoms with Gasteiger partial charge in [0, 0.05) is 16.3 Å². The second kappa shape index (κ2) is 21.6. The Balaban J connectivity index is 1.39. The molecule has 3 heterocycles. The summed E-state index contributed by atoms with van der Waals surface area (Å²) in [7, 11) is 0. The predicted molar refractivity (Wildman–Crippen MR) is 231 cm³/mol. The zero-order chi connectivity index (χ0) is 37.4. The molecule has 5 heteroatoms. The Kier molecular flexibility index (Phi) is 16.6. The quantitative estimate of drug-likeness (QED) is 0.0528. The molecule has 2 aromatic heterocycles. The lowest BCUT2D eigenvalue weighted by molar-refractivity contribution is -0.136. The van der Waals surface area contributed by atoms with Gasteiger partial charge in [0.25, 0.3) is 11.8 Å². The zero-order valence-corrected chi connectivity index (χ0v) is 34.7. The first-order chi connectivity index (χ1) is 26.0. The number of amides is 2. The molecule has 0 fully saturated rings. The van der Waals surface area contributed by atoms with Crippen molar-refractivity contribution in [1.29, 1.82) is 0 Å². The SMILES string of the molecule is CCCCCCCCc1ccsc1-c1ccc(C2=C(c3ccc(-c4sccc4CCCCCCCC)cc3)C(=O)N(CC(CC)CCCC)C2=O)cc1. The van der Waals surface area contributed by atoms with Crippen LogP contribution in [0.3, 0.4) is 0 Å². The summed E-state index contributed by atoms with van der Waals surface area (Å²) in [6.07, 6.45) is 21.9. The number of carbonyl (C=O) groups excluding carboxylic acids is 2. The molecule has 0 aliphatic carbocycles. The number of rotatable bonds is 24. The Morgan fingerprint density at radius 2 is 0.887 bits per heavy atom. The minimum atomic E-state index is -0.156. The van der Waals surface area contributed by atoms with Crippen LogP contribution in [0.1, 0.15) is 153 Å². The van der Waals surface area contributed by atoms with Crippen LogP contribution in [0.5, 0.6) is 0 Å². The van der Waals surface area contributed by atoms with Crippen molar-refractivity contribution in [3.05, 3.63) is 93.7 Å². The highest BCUT2D eigenvalue weighted by Crippen LogP contribution is 2.40. The number of nitrogens with zero attached hydrogens (tertiary/aromatic N) is 1. The van der Waals surface area contributed by atoms with Gasteiger partial charge in [-0.1, -0.05) is 160 Å². The molecule has 284 valence electrons. The third-order valence-electron chi connectivity index (χ3n) is 11.1. The zero-order valence-electron chi connectivity index (χ0n) is 33.0. The molecule has 1 aliphatic heterocycles. The van der Waals surface area contributed by atoms with Crippen LogP contribution in [0.2, 0.25) is 0 Å². The maximum Gasteiger partial charge on any atom is 0.262 e. The van der Waals surface area contributed by atoms with E-state index in [2.05, 4.69) is 99.1 Å². The number of unbranched alkanes of at least 4 members (excludes halogenated alkanes) is 11. The molecule has 2 amide bonds. The van der Waals surface area contributed by atoms with E-state index in [-0.39, 0.29) is 11.8 Å². The second-order valence-electron chi connectivity index (χ2n) is 15.1. The maximum atomic E-state index is 14.3. The Bertz CT molecular complexity index is 1620. The molecule has 0 saturated carbocycles. The molecular formula is C48H63NO2S2. The van der Waals surface area contributed by atoms with Crippen LogP contribution >= 0.6 is 22.7 Å². The van der Waals surface area contributed by atoms with Gasteiger partial charge in [-0.2, -0.15) is 0 Å². The van der Waals surface area contributed by atoms with E-state index in [0.717, 1.165) is 49.7 Å². The fourth-order valence-corrected chi connectivity index (χ4v) is 9.72. The molecular weight excluding hydrogens is 687 g/mol. The number of hydrogen-bond donors (Lipinski definition) is 0. The Hall–Kier alpha value is -3.28. The van der Waals surface area contributed by atoms with Crippen molar-refractivity contribution in [2.45, 2.75) is 143 Å². The van der Waals surface area contributed by atoms with Crippen LogP contribution in [0.15, 0.2) is 71.4 Å². The van der Waals surface area contributed by atoms with Gasteiger partial charge in [-0.15, -0.1) is 22.7 Å². The van der Waals surface area contributed by atoms with Crippen molar-refractivity contribution in [3.8, 4) is 20.9 Å². The molecule has 0 spiro atoms. The predicted octanol–water partition coefficient (Wildman–Crippen LogP) is 14.4. The molecule has 1 unspecified atom stereocenters. The van der Waals surface area contributed by atoms with E-state index in [1.807, 2.05) is 0 Å². The average molecular weight is 750 g/mol. The lowest BCUT2D eigenvalue weighted by Gasteiger charge is -2.22. The Morgan fingerprint density at radius 3 is 1.30 bits per heavy atom. The number of aryl methyl sites for hydroxylation is 2. The lowest BCUT2D eigenvalue weighted by atomic mass is 9.94. The molecule has 4 aromatic rings. The summed E-state index contributed by atoms with van der Waals surface area (Å²) in [5.74, 6) is -0.00623. The van der Waals surface area contributed by atoms with E-state index < -0.39 is 0 Å². The molecule has 0 bridgehead atoms. The van der Waals surface area contributed by atoms with Crippen molar-refractivity contribution >= 4 is 45.6 Å². The Morgan fingerprint density at radius 1 is 0.491 bits per heavy atom. The molecule has 2 aromatic carbocycles. The van der Waals surface area contributed by atoms with Crippen molar-refractivity contribution in [3.63, 3.8) is 0 Å². The summed E-state index contributed by atoms with van der Waals surface area (Å²) in [5, 5.41) is 4.40. The third kappa shape index (κ3) is 10.9. The maximum absolute atomic E-state index is 14.3. The lowest BCUT2D eigenvalue weighted by Crippen LogP contribution is -2.36. The number of imide groups is 1. The molecule has 53 heavy (non-hydrogen) atoms. The standard InChI is InChI=1S/C48H63NO2S2/c1-5-9-12-14-16-18-21-39-31-33-52-45(39)41-27-23-37(24-28-41)43-44(48(51)49(47(43)50)35-36(8-4)20-11-7-3)38-25-29-42(30-26-38)46-40(32-34-53-46)22-19-17-15-13-10-6-2/h23-34,36H,5-22,35H2,1-4H3. The van der Waals surface area contributed by atoms with Crippen molar-refractivity contribution < 1.29 is 9.59 Å². The van der Waals surface area contributed by atoms with E-state index in [9.17, 15) is 9.59 Å². The van der Waals surface area contributed by atoms with Crippen LogP contribution in [-0.2, 0) is 22.4 Å². The minimum Gasteiger partial charge on any atom is -0.274 e.